The largest absolute Gasteiger partial charge is 0.368 e. The van der Waals surface area contributed by atoms with Crippen molar-refractivity contribution in [3.63, 3.8) is 0 Å². The van der Waals surface area contributed by atoms with Gasteiger partial charge in [-0.05, 0) is 26.3 Å². The molecule has 0 bridgehead atoms. The van der Waals surface area contributed by atoms with Crippen molar-refractivity contribution in [1.82, 2.24) is 10.2 Å². The van der Waals surface area contributed by atoms with Crippen molar-refractivity contribution in [1.29, 1.82) is 0 Å². The van der Waals surface area contributed by atoms with Gasteiger partial charge in [0.2, 0.25) is 17.7 Å². The highest BCUT2D eigenvalue weighted by atomic mass is 16.2. The number of likely N-dealkylation sites (tertiary alicyclic amines) is 1. The van der Waals surface area contributed by atoms with Crippen LogP contribution in [0.25, 0.3) is 0 Å². The van der Waals surface area contributed by atoms with Gasteiger partial charge in [-0.15, -0.1) is 0 Å². The Morgan fingerprint density at radius 1 is 1.44 bits per heavy atom. The highest BCUT2D eigenvalue weighted by Gasteiger charge is 2.58. The van der Waals surface area contributed by atoms with Gasteiger partial charge in [0.15, 0.2) is 0 Å². The maximum atomic E-state index is 11.8. The number of likely N-dealkylation sites (N-methyl/N-ethyl adjacent to an activating group) is 1. The van der Waals surface area contributed by atoms with Gasteiger partial charge in [0.25, 0.3) is 0 Å². The number of rotatable bonds is 6. The van der Waals surface area contributed by atoms with Crippen molar-refractivity contribution in [2.75, 3.05) is 13.1 Å². The van der Waals surface area contributed by atoms with Crippen molar-refractivity contribution in [2.24, 2.45) is 17.6 Å². The molecule has 18 heavy (non-hydrogen) atoms. The summed E-state index contributed by atoms with van der Waals surface area (Å²) in [7, 11) is 0. The van der Waals surface area contributed by atoms with Crippen molar-refractivity contribution >= 4 is 17.7 Å². The second kappa shape index (κ2) is 4.35. The highest BCUT2D eigenvalue weighted by molar-refractivity contribution is 6.08. The fourth-order valence-corrected chi connectivity index (χ4v) is 2.49. The van der Waals surface area contributed by atoms with Gasteiger partial charge in [0.1, 0.15) is 0 Å². The van der Waals surface area contributed by atoms with E-state index in [9.17, 15) is 14.4 Å². The number of carbonyl (C=O) groups excluding carboxylic acids is 3. The van der Waals surface area contributed by atoms with E-state index in [4.69, 9.17) is 5.73 Å². The molecule has 3 atom stereocenters. The van der Waals surface area contributed by atoms with E-state index in [0.717, 1.165) is 0 Å². The fraction of sp³-hybridized carbons (Fsp3) is 0.750. The predicted molar refractivity (Wildman–Crippen MR) is 64.2 cm³/mol. The SMILES string of the molecule is CCNC(C)(CCN1C(=O)C2CC2C1=O)C(N)=O. The standard InChI is InChI=1S/C12H19N3O3/c1-3-14-12(2,11(13)18)4-5-15-9(16)7-6-8(7)10(15)17/h7-8,14H,3-6H2,1-2H3,(H2,13,18). The summed E-state index contributed by atoms with van der Waals surface area (Å²) in [6.45, 7) is 4.44. The minimum Gasteiger partial charge on any atom is -0.368 e. The lowest BCUT2D eigenvalue weighted by Crippen LogP contribution is -2.55. The number of carbonyl (C=O) groups is 3. The molecule has 3 amide bonds. The van der Waals surface area contributed by atoms with Gasteiger partial charge in [-0.25, -0.2) is 0 Å². The lowest BCUT2D eigenvalue weighted by atomic mass is 9.96. The Morgan fingerprint density at radius 3 is 2.44 bits per heavy atom. The van der Waals surface area contributed by atoms with E-state index in [0.29, 0.717) is 19.4 Å². The Morgan fingerprint density at radius 2 is 2.00 bits per heavy atom. The normalized spacial score (nSPS) is 29.1. The summed E-state index contributed by atoms with van der Waals surface area (Å²) in [5.41, 5.74) is 4.48. The van der Waals surface area contributed by atoms with Gasteiger partial charge in [0, 0.05) is 6.54 Å². The molecule has 3 unspecified atom stereocenters. The number of piperidine rings is 1. The van der Waals surface area contributed by atoms with E-state index < -0.39 is 11.4 Å². The van der Waals surface area contributed by atoms with Crippen LogP contribution in [0.1, 0.15) is 26.7 Å². The number of nitrogens with zero attached hydrogens (tertiary/aromatic N) is 1. The number of nitrogens with one attached hydrogen (secondary N) is 1. The Balaban J connectivity index is 1.96. The van der Waals surface area contributed by atoms with Crippen LogP contribution < -0.4 is 11.1 Å². The van der Waals surface area contributed by atoms with Crippen LogP contribution in [0.2, 0.25) is 0 Å². The van der Waals surface area contributed by atoms with Crippen molar-refractivity contribution in [3.8, 4) is 0 Å². The van der Waals surface area contributed by atoms with Gasteiger partial charge in [-0.1, -0.05) is 6.92 Å². The van der Waals surface area contributed by atoms with Crippen LogP contribution in [-0.4, -0.2) is 41.2 Å². The molecule has 6 nitrogen and oxygen atoms in total. The topological polar surface area (TPSA) is 92.5 Å². The minimum atomic E-state index is -0.873. The molecule has 1 aliphatic heterocycles. The Hall–Kier alpha value is -1.43. The van der Waals surface area contributed by atoms with Gasteiger partial charge in [-0.3, -0.25) is 19.3 Å². The van der Waals surface area contributed by atoms with E-state index in [1.54, 1.807) is 6.92 Å². The Bertz CT molecular complexity index is 389. The summed E-state index contributed by atoms with van der Waals surface area (Å²) in [5.74, 6) is -0.817. The average molecular weight is 253 g/mol. The second-order valence-electron chi connectivity index (χ2n) is 5.25. The zero-order valence-corrected chi connectivity index (χ0v) is 10.7. The molecule has 0 aromatic rings. The van der Waals surface area contributed by atoms with Crippen molar-refractivity contribution < 1.29 is 14.4 Å². The quantitative estimate of drug-likeness (QED) is 0.608. The van der Waals surface area contributed by atoms with Crippen LogP contribution in [-0.2, 0) is 14.4 Å². The summed E-state index contributed by atoms with van der Waals surface area (Å²) in [5, 5.41) is 3.01. The smallest absolute Gasteiger partial charge is 0.237 e. The average Bonchev–Trinajstić information content (AvgIpc) is 3.04. The summed E-state index contributed by atoms with van der Waals surface area (Å²) < 4.78 is 0. The van der Waals surface area contributed by atoms with E-state index in [2.05, 4.69) is 5.32 Å². The number of hydrogen-bond acceptors (Lipinski definition) is 4. The summed E-state index contributed by atoms with van der Waals surface area (Å²) in [4.78, 5) is 36.2. The maximum absolute atomic E-state index is 11.8. The highest BCUT2D eigenvalue weighted by Crippen LogP contribution is 2.47. The lowest BCUT2D eigenvalue weighted by Gasteiger charge is -2.29. The zero-order chi connectivity index (χ0) is 13.5. The molecule has 0 spiro atoms. The second-order valence-corrected chi connectivity index (χ2v) is 5.25. The molecule has 1 heterocycles. The van der Waals surface area contributed by atoms with Crippen LogP contribution >= 0.6 is 0 Å². The maximum Gasteiger partial charge on any atom is 0.237 e. The summed E-state index contributed by atoms with van der Waals surface area (Å²) in [6, 6.07) is 0. The Labute approximate surface area is 106 Å². The molecular weight excluding hydrogens is 234 g/mol. The molecule has 0 aromatic heterocycles. The van der Waals surface area contributed by atoms with E-state index in [1.165, 1.54) is 4.90 Å². The number of imide groups is 1. The third-order valence-electron chi connectivity index (χ3n) is 3.90. The fourth-order valence-electron chi connectivity index (χ4n) is 2.49. The molecule has 3 N–H and O–H groups in total. The summed E-state index contributed by atoms with van der Waals surface area (Å²) in [6.07, 6.45) is 1.06. The first-order valence-corrected chi connectivity index (χ1v) is 6.31. The van der Waals surface area contributed by atoms with Crippen LogP contribution in [0.15, 0.2) is 0 Å². The van der Waals surface area contributed by atoms with Gasteiger partial charge >= 0.3 is 0 Å². The van der Waals surface area contributed by atoms with Crippen LogP contribution in [0.4, 0.5) is 0 Å². The van der Waals surface area contributed by atoms with Gasteiger partial charge < -0.3 is 11.1 Å². The molecule has 2 rings (SSSR count). The number of amides is 3. The summed E-state index contributed by atoms with van der Waals surface area (Å²) >= 11 is 0. The molecule has 100 valence electrons. The molecule has 0 aromatic carbocycles. The third kappa shape index (κ3) is 2.01. The molecular formula is C12H19N3O3. The minimum absolute atomic E-state index is 0.0866. The lowest BCUT2D eigenvalue weighted by molar-refractivity contribution is -0.142. The monoisotopic (exact) mass is 253 g/mol. The number of nitrogens with two attached hydrogens (primary N) is 1. The molecule has 1 saturated heterocycles. The van der Waals surface area contributed by atoms with E-state index in [1.807, 2.05) is 6.92 Å². The first kappa shape index (κ1) is 13.0. The number of primary amides is 1. The third-order valence-corrected chi connectivity index (χ3v) is 3.90. The van der Waals surface area contributed by atoms with Crippen LogP contribution in [0.5, 0.6) is 0 Å². The molecule has 6 heteroatoms. The van der Waals surface area contributed by atoms with E-state index in [-0.39, 0.29) is 30.2 Å². The molecule has 1 aliphatic carbocycles. The van der Waals surface area contributed by atoms with Gasteiger partial charge in [-0.2, -0.15) is 0 Å². The first-order valence-electron chi connectivity index (χ1n) is 6.31. The van der Waals surface area contributed by atoms with Crippen LogP contribution in [0.3, 0.4) is 0 Å². The van der Waals surface area contributed by atoms with Crippen molar-refractivity contribution in [2.45, 2.75) is 32.2 Å². The Kier molecular flexibility index (Phi) is 3.14. The van der Waals surface area contributed by atoms with Crippen molar-refractivity contribution in [3.05, 3.63) is 0 Å². The first-order chi connectivity index (χ1) is 8.40. The van der Waals surface area contributed by atoms with Gasteiger partial charge in [0.05, 0.1) is 17.4 Å². The van der Waals surface area contributed by atoms with Crippen LogP contribution in [0, 0.1) is 11.8 Å². The molecule has 2 fully saturated rings. The molecule has 2 aliphatic rings. The molecule has 1 saturated carbocycles. The number of fused-ring (bicyclic) bond motifs is 1. The zero-order valence-electron chi connectivity index (χ0n) is 10.7. The molecule has 0 radical (unpaired) electrons. The predicted octanol–water partition coefficient (Wildman–Crippen LogP) is -0.765. The van der Waals surface area contributed by atoms with E-state index >= 15 is 0 Å². The number of hydrogen-bond donors (Lipinski definition) is 2.